The van der Waals surface area contributed by atoms with Crippen molar-refractivity contribution in [3.63, 3.8) is 0 Å². The Morgan fingerprint density at radius 2 is 1.91 bits per heavy atom. The third-order valence-corrected chi connectivity index (χ3v) is 5.79. The molecule has 2 atom stereocenters. The highest BCUT2D eigenvalue weighted by Crippen LogP contribution is 2.21. The van der Waals surface area contributed by atoms with Crippen LogP contribution in [0.4, 0.5) is 5.69 Å². The Bertz CT molecular complexity index is 713. The molecule has 180 valence electrons. The van der Waals surface area contributed by atoms with E-state index in [1.807, 2.05) is 6.07 Å². The summed E-state index contributed by atoms with van der Waals surface area (Å²) in [4.78, 5) is 22.8. The zero-order valence-electron chi connectivity index (χ0n) is 19.5. The van der Waals surface area contributed by atoms with E-state index in [-0.39, 0.29) is 48.6 Å². The number of aliphatic imine (C=N–C) groups is 1. The van der Waals surface area contributed by atoms with Crippen molar-refractivity contribution in [1.82, 2.24) is 15.1 Å². The van der Waals surface area contributed by atoms with Crippen LogP contribution < -0.4 is 10.2 Å². The summed E-state index contributed by atoms with van der Waals surface area (Å²) in [5.74, 6) is 0.774. The normalized spacial score (nSPS) is 21.1. The highest BCUT2D eigenvalue weighted by molar-refractivity contribution is 14.0. The highest BCUT2D eigenvalue weighted by Gasteiger charge is 2.32. The van der Waals surface area contributed by atoms with Gasteiger partial charge in [-0.3, -0.25) is 4.79 Å². The minimum Gasteiger partial charge on any atom is -0.375 e. The van der Waals surface area contributed by atoms with Gasteiger partial charge in [-0.05, 0) is 31.4 Å². The SMILES string of the molecule is CN(C)C(=O)CN=C(NCCCN(C)c1ccccc1)N1CCOC(C2CCCO2)C1.I. The first-order valence-corrected chi connectivity index (χ1v) is 11.3. The average molecular weight is 559 g/mol. The van der Waals surface area contributed by atoms with Crippen molar-refractivity contribution in [1.29, 1.82) is 0 Å². The molecule has 3 rings (SSSR count). The minimum absolute atomic E-state index is 0. The number of amides is 1. The standard InChI is InChI=1S/C23H37N5O3.HI/c1-26(2)22(29)17-25-23(24-12-8-13-27(3)19-9-5-4-6-10-19)28-14-16-31-21(18-28)20-11-7-15-30-20;/h4-6,9-10,20-21H,7-8,11-18H2,1-3H3,(H,24,25);1H. The van der Waals surface area contributed by atoms with Gasteiger partial charge in [-0.1, -0.05) is 18.2 Å². The van der Waals surface area contributed by atoms with E-state index in [2.05, 4.69) is 51.4 Å². The van der Waals surface area contributed by atoms with Crippen molar-refractivity contribution in [2.24, 2.45) is 4.99 Å². The summed E-state index contributed by atoms with van der Waals surface area (Å²) in [6.07, 6.45) is 3.31. The van der Waals surface area contributed by atoms with Crippen LogP contribution in [0.5, 0.6) is 0 Å². The predicted molar refractivity (Wildman–Crippen MR) is 139 cm³/mol. The molecule has 2 aliphatic rings. The number of hydrogen-bond donors (Lipinski definition) is 1. The number of anilines is 1. The minimum atomic E-state index is -0.00736. The molecule has 2 saturated heterocycles. The van der Waals surface area contributed by atoms with Crippen LogP contribution in [0.15, 0.2) is 35.3 Å². The molecular formula is C23H38IN5O3. The molecule has 0 spiro atoms. The number of morpholine rings is 1. The van der Waals surface area contributed by atoms with Crippen LogP contribution >= 0.6 is 24.0 Å². The lowest BCUT2D eigenvalue weighted by Gasteiger charge is -2.37. The number of halogens is 1. The Balaban J connectivity index is 0.00000363. The molecular weight excluding hydrogens is 521 g/mol. The van der Waals surface area contributed by atoms with Gasteiger partial charge in [0.05, 0.1) is 12.7 Å². The van der Waals surface area contributed by atoms with Crippen LogP contribution in [-0.4, -0.2) is 101 Å². The molecule has 2 aliphatic heterocycles. The maximum atomic E-state index is 12.1. The van der Waals surface area contributed by atoms with Gasteiger partial charge >= 0.3 is 0 Å². The fourth-order valence-corrected chi connectivity index (χ4v) is 3.87. The van der Waals surface area contributed by atoms with Crippen LogP contribution in [0.3, 0.4) is 0 Å². The largest absolute Gasteiger partial charge is 0.375 e. The van der Waals surface area contributed by atoms with E-state index in [4.69, 9.17) is 9.47 Å². The lowest BCUT2D eigenvalue weighted by Crippen LogP contribution is -2.53. The number of carbonyl (C=O) groups is 1. The van der Waals surface area contributed by atoms with Crippen molar-refractivity contribution >= 4 is 41.5 Å². The number of ether oxygens (including phenoxy) is 2. The number of benzene rings is 1. The predicted octanol–water partition coefficient (Wildman–Crippen LogP) is 2.04. The van der Waals surface area contributed by atoms with E-state index in [0.717, 1.165) is 58.0 Å². The fourth-order valence-electron chi connectivity index (χ4n) is 3.87. The van der Waals surface area contributed by atoms with Crippen molar-refractivity contribution in [2.45, 2.75) is 31.5 Å². The molecule has 0 aromatic heterocycles. The van der Waals surface area contributed by atoms with Gasteiger partial charge < -0.3 is 29.5 Å². The Hall–Kier alpha value is -1.59. The van der Waals surface area contributed by atoms with Crippen LogP contribution in [0.25, 0.3) is 0 Å². The maximum absolute atomic E-state index is 12.1. The lowest BCUT2D eigenvalue weighted by atomic mass is 10.1. The van der Waals surface area contributed by atoms with Gasteiger partial charge in [0.25, 0.3) is 0 Å². The summed E-state index contributed by atoms with van der Waals surface area (Å²) in [5.41, 5.74) is 1.21. The number of para-hydroxylation sites is 1. The summed E-state index contributed by atoms with van der Waals surface area (Å²) < 4.78 is 11.8. The zero-order chi connectivity index (χ0) is 22.1. The van der Waals surface area contributed by atoms with Gasteiger partial charge in [0.1, 0.15) is 12.6 Å². The van der Waals surface area contributed by atoms with Crippen molar-refractivity contribution < 1.29 is 14.3 Å². The van der Waals surface area contributed by atoms with Gasteiger partial charge in [0, 0.05) is 59.6 Å². The molecule has 1 amide bonds. The average Bonchev–Trinajstić information content (AvgIpc) is 3.34. The van der Waals surface area contributed by atoms with Gasteiger partial charge in [0.2, 0.25) is 5.91 Å². The highest BCUT2D eigenvalue weighted by atomic mass is 127. The van der Waals surface area contributed by atoms with E-state index in [1.165, 1.54) is 5.69 Å². The summed E-state index contributed by atoms with van der Waals surface area (Å²) in [5, 5.41) is 3.48. The van der Waals surface area contributed by atoms with Gasteiger partial charge in [-0.25, -0.2) is 4.99 Å². The smallest absolute Gasteiger partial charge is 0.243 e. The Labute approximate surface area is 209 Å². The second-order valence-electron chi connectivity index (χ2n) is 8.37. The lowest BCUT2D eigenvalue weighted by molar-refractivity contribution is -0.127. The molecule has 0 aliphatic carbocycles. The van der Waals surface area contributed by atoms with Crippen molar-refractivity contribution in [3.05, 3.63) is 30.3 Å². The van der Waals surface area contributed by atoms with Crippen LogP contribution in [-0.2, 0) is 14.3 Å². The molecule has 0 radical (unpaired) electrons. The summed E-state index contributed by atoms with van der Waals surface area (Å²) >= 11 is 0. The molecule has 8 nitrogen and oxygen atoms in total. The molecule has 1 aromatic carbocycles. The number of nitrogens with zero attached hydrogens (tertiary/aromatic N) is 4. The van der Waals surface area contributed by atoms with Gasteiger partial charge in [0.15, 0.2) is 5.96 Å². The second kappa shape index (κ2) is 13.8. The summed E-state index contributed by atoms with van der Waals surface area (Å²) in [7, 11) is 5.62. The molecule has 1 N–H and O–H groups in total. The third kappa shape index (κ3) is 8.08. The molecule has 0 bridgehead atoms. The molecule has 0 saturated carbocycles. The summed E-state index contributed by atoms with van der Waals surface area (Å²) in [6.45, 7) is 4.81. The van der Waals surface area contributed by atoms with E-state index in [9.17, 15) is 4.79 Å². The number of hydrogen-bond acceptors (Lipinski definition) is 5. The quantitative estimate of drug-likeness (QED) is 0.228. The molecule has 32 heavy (non-hydrogen) atoms. The van der Waals surface area contributed by atoms with Crippen LogP contribution in [0.1, 0.15) is 19.3 Å². The number of carbonyl (C=O) groups excluding carboxylic acids is 1. The van der Waals surface area contributed by atoms with Crippen molar-refractivity contribution in [2.75, 3.05) is 72.0 Å². The van der Waals surface area contributed by atoms with Crippen molar-refractivity contribution in [3.8, 4) is 0 Å². The first-order chi connectivity index (χ1) is 15.0. The molecule has 2 unspecified atom stereocenters. The number of rotatable bonds is 8. The van der Waals surface area contributed by atoms with Crippen LogP contribution in [0, 0.1) is 0 Å². The first-order valence-electron chi connectivity index (χ1n) is 11.3. The molecule has 2 heterocycles. The first kappa shape index (κ1) is 26.7. The van der Waals surface area contributed by atoms with Crippen LogP contribution in [0.2, 0.25) is 0 Å². The Morgan fingerprint density at radius 1 is 1.16 bits per heavy atom. The molecule has 1 aromatic rings. The number of guanidine groups is 1. The third-order valence-electron chi connectivity index (χ3n) is 5.79. The fraction of sp³-hybridized carbons (Fsp3) is 0.652. The van der Waals surface area contributed by atoms with Gasteiger partial charge in [-0.15, -0.1) is 24.0 Å². The monoisotopic (exact) mass is 559 g/mol. The summed E-state index contributed by atoms with van der Waals surface area (Å²) in [6, 6.07) is 10.4. The Morgan fingerprint density at radius 3 is 2.59 bits per heavy atom. The zero-order valence-corrected chi connectivity index (χ0v) is 21.9. The molecule has 2 fully saturated rings. The maximum Gasteiger partial charge on any atom is 0.243 e. The second-order valence-corrected chi connectivity index (χ2v) is 8.37. The number of likely N-dealkylation sites (N-methyl/N-ethyl adjacent to an activating group) is 1. The Kier molecular flexibility index (Phi) is 11.5. The molecule has 9 heteroatoms. The number of nitrogens with one attached hydrogen (secondary N) is 1. The van der Waals surface area contributed by atoms with E-state index in [0.29, 0.717) is 6.61 Å². The van der Waals surface area contributed by atoms with E-state index < -0.39 is 0 Å². The van der Waals surface area contributed by atoms with E-state index in [1.54, 1.807) is 19.0 Å². The topological polar surface area (TPSA) is 69.6 Å². The van der Waals surface area contributed by atoms with E-state index >= 15 is 0 Å². The van der Waals surface area contributed by atoms with Gasteiger partial charge in [-0.2, -0.15) is 0 Å².